The van der Waals surface area contributed by atoms with E-state index in [2.05, 4.69) is 5.32 Å². The second-order valence-corrected chi connectivity index (χ2v) is 7.72. The lowest BCUT2D eigenvalue weighted by Crippen LogP contribution is -2.67. The molecular weight excluding hydrogens is 396 g/mol. The molecule has 6 atom stereocenters. The summed E-state index contributed by atoms with van der Waals surface area (Å²) < 4.78 is 5.75. The van der Waals surface area contributed by atoms with Crippen molar-refractivity contribution in [1.29, 1.82) is 0 Å². The number of carbonyl (C=O) groups is 2. The minimum Gasteiger partial charge on any atom is -0.479 e. The maximum atomic E-state index is 12.1. The zero-order chi connectivity index (χ0) is 22.5. The summed E-state index contributed by atoms with van der Waals surface area (Å²) in [5, 5.41) is 52.3. The first-order chi connectivity index (χ1) is 14.1. The number of nitrogens with one attached hydrogen (secondary N) is 1. The minimum atomic E-state index is -1.83. The van der Waals surface area contributed by atoms with Crippen molar-refractivity contribution in [2.45, 2.75) is 68.7 Å². The third-order valence-corrected chi connectivity index (χ3v) is 5.37. The summed E-state index contributed by atoms with van der Waals surface area (Å²) in [7, 11) is 0. The number of hydrogen-bond acceptors (Lipinski definition) is 8. The summed E-state index contributed by atoms with van der Waals surface area (Å²) in [4.78, 5) is 23.6. The molecule has 0 spiro atoms. The average molecular weight is 426 g/mol. The van der Waals surface area contributed by atoms with Crippen molar-refractivity contribution in [3.63, 3.8) is 0 Å². The fraction of sp³-hybridized carbons (Fsp3) is 0.600. The van der Waals surface area contributed by atoms with E-state index in [-0.39, 0.29) is 12.8 Å². The predicted octanol–water partition coefficient (Wildman–Crippen LogP) is -1.22. The second-order valence-electron chi connectivity index (χ2n) is 7.72. The molecule has 10 nitrogen and oxygen atoms in total. The van der Waals surface area contributed by atoms with Gasteiger partial charge in [-0.3, -0.25) is 4.79 Å². The van der Waals surface area contributed by atoms with Crippen LogP contribution in [0.5, 0.6) is 0 Å². The highest BCUT2D eigenvalue weighted by atomic mass is 16.6. The van der Waals surface area contributed by atoms with Crippen molar-refractivity contribution in [3.05, 3.63) is 29.8 Å². The third-order valence-electron chi connectivity index (χ3n) is 5.37. The van der Waals surface area contributed by atoms with E-state index in [9.17, 15) is 30.0 Å². The molecule has 1 fully saturated rings. The Morgan fingerprint density at radius 1 is 1.30 bits per heavy atom. The number of carboxylic acid groups (broad SMARTS) is 1. The molecule has 168 valence electrons. The van der Waals surface area contributed by atoms with Crippen LogP contribution in [-0.4, -0.2) is 80.1 Å². The van der Waals surface area contributed by atoms with E-state index in [1.54, 1.807) is 12.1 Å². The maximum absolute atomic E-state index is 12.1. The number of carbonyl (C=O) groups excluding carboxylic acids is 1. The van der Waals surface area contributed by atoms with E-state index >= 15 is 0 Å². The van der Waals surface area contributed by atoms with Crippen molar-refractivity contribution in [2.75, 3.05) is 12.3 Å². The van der Waals surface area contributed by atoms with Gasteiger partial charge in [0.15, 0.2) is 5.60 Å². The van der Waals surface area contributed by atoms with Crippen LogP contribution < -0.4 is 11.1 Å². The lowest BCUT2D eigenvalue weighted by molar-refractivity contribution is -0.231. The first-order valence-electron chi connectivity index (χ1n) is 9.77. The van der Waals surface area contributed by atoms with Gasteiger partial charge in [-0.15, -0.1) is 0 Å². The van der Waals surface area contributed by atoms with Crippen molar-refractivity contribution >= 4 is 17.6 Å². The normalized spacial score (nSPS) is 28.5. The van der Waals surface area contributed by atoms with E-state index in [4.69, 9.17) is 15.6 Å². The van der Waals surface area contributed by atoms with Crippen LogP contribution in [-0.2, 0) is 20.7 Å². The molecule has 0 bridgehead atoms. The number of hydrogen-bond donors (Lipinski definition) is 7. The van der Waals surface area contributed by atoms with Crippen LogP contribution in [0.25, 0.3) is 0 Å². The second kappa shape index (κ2) is 10.2. The molecule has 1 aromatic rings. The zero-order valence-corrected chi connectivity index (χ0v) is 16.8. The van der Waals surface area contributed by atoms with Crippen LogP contribution in [0.2, 0.25) is 0 Å². The highest BCUT2D eigenvalue weighted by Crippen LogP contribution is 2.36. The molecule has 0 aliphatic carbocycles. The number of anilines is 1. The monoisotopic (exact) mass is 426 g/mol. The van der Waals surface area contributed by atoms with Gasteiger partial charge in [0.25, 0.3) is 0 Å². The molecule has 1 heterocycles. The quantitative estimate of drug-likeness (QED) is 0.238. The standard InChI is InChI=1S/C20H30N2O8/c1-11(24)22-16-14(25)9-20(19(28)29,30-18(16)17(27)15(26)10-23)8-2-3-12-4-6-13(21)7-5-12/h4-7,14-18,23,25-27H,2-3,8-10,21H2,1H3,(H,22,24)(H,28,29)/t14-,15+,16+,17+,18+,20+/m0/s1. The molecule has 0 unspecified atom stereocenters. The number of aliphatic carboxylic acids is 1. The van der Waals surface area contributed by atoms with Gasteiger partial charge < -0.3 is 41.3 Å². The Hall–Kier alpha value is -2.24. The summed E-state index contributed by atoms with van der Waals surface area (Å²) in [6.45, 7) is 0.394. The van der Waals surface area contributed by atoms with Crippen LogP contribution in [0.3, 0.4) is 0 Å². The van der Waals surface area contributed by atoms with Crippen LogP contribution in [0.4, 0.5) is 5.69 Å². The summed E-state index contributed by atoms with van der Waals surface area (Å²) >= 11 is 0. The smallest absolute Gasteiger partial charge is 0.336 e. The fourth-order valence-corrected chi connectivity index (χ4v) is 3.76. The molecule has 2 rings (SSSR count). The molecule has 1 aliphatic heterocycles. The molecule has 8 N–H and O–H groups in total. The van der Waals surface area contributed by atoms with E-state index in [0.29, 0.717) is 18.5 Å². The summed E-state index contributed by atoms with van der Waals surface area (Å²) in [5.41, 5.74) is 5.39. The highest BCUT2D eigenvalue weighted by Gasteiger charge is 2.54. The molecule has 10 heteroatoms. The lowest BCUT2D eigenvalue weighted by atomic mass is 9.80. The van der Waals surface area contributed by atoms with Crippen LogP contribution in [0.1, 0.15) is 31.7 Å². The number of carboxylic acids is 1. The highest BCUT2D eigenvalue weighted by molar-refractivity contribution is 5.78. The number of ether oxygens (including phenoxy) is 1. The van der Waals surface area contributed by atoms with Gasteiger partial charge in [0.05, 0.1) is 18.8 Å². The van der Waals surface area contributed by atoms with E-state index < -0.39 is 54.5 Å². The minimum absolute atomic E-state index is 0.0228. The van der Waals surface area contributed by atoms with Crippen LogP contribution in [0, 0.1) is 0 Å². The fourth-order valence-electron chi connectivity index (χ4n) is 3.76. The number of amides is 1. The van der Waals surface area contributed by atoms with E-state index in [0.717, 1.165) is 5.56 Å². The summed E-state index contributed by atoms with van der Waals surface area (Å²) in [5.74, 6) is -1.85. The predicted molar refractivity (Wildman–Crippen MR) is 106 cm³/mol. The average Bonchev–Trinajstić information content (AvgIpc) is 2.69. The van der Waals surface area contributed by atoms with Gasteiger partial charge in [-0.25, -0.2) is 4.79 Å². The van der Waals surface area contributed by atoms with Crippen molar-refractivity contribution < 1.29 is 39.9 Å². The summed E-state index contributed by atoms with van der Waals surface area (Å²) in [6, 6.07) is 5.99. The largest absolute Gasteiger partial charge is 0.479 e. The molecule has 0 radical (unpaired) electrons. The number of rotatable bonds is 9. The first-order valence-corrected chi connectivity index (χ1v) is 9.77. The van der Waals surface area contributed by atoms with Gasteiger partial charge in [0.2, 0.25) is 5.91 Å². The van der Waals surface area contributed by atoms with E-state index in [1.165, 1.54) is 6.92 Å². The Kier molecular flexibility index (Phi) is 8.16. The number of aliphatic hydroxyl groups is 4. The first kappa shape index (κ1) is 24.0. The molecule has 1 saturated heterocycles. The Morgan fingerprint density at radius 3 is 2.47 bits per heavy atom. The molecule has 30 heavy (non-hydrogen) atoms. The number of benzene rings is 1. The molecule has 1 aliphatic rings. The molecule has 0 aromatic heterocycles. The number of nitrogen functional groups attached to an aromatic ring is 1. The molecule has 0 saturated carbocycles. The molecule has 1 aromatic carbocycles. The van der Waals surface area contributed by atoms with E-state index in [1.807, 2.05) is 12.1 Å². The van der Waals surface area contributed by atoms with Crippen molar-refractivity contribution in [1.82, 2.24) is 5.32 Å². The Labute approximate surface area is 174 Å². The lowest BCUT2D eigenvalue weighted by Gasteiger charge is -2.47. The number of aryl methyl sites for hydroxylation is 1. The number of aliphatic hydroxyl groups excluding tert-OH is 4. The topological polar surface area (TPSA) is 183 Å². The van der Waals surface area contributed by atoms with Crippen LogP contribution >= 0.6 is 0 Å². The molecular formula is C20H30N2O8. The Morgan fingerprint density at radius 2 is 1.93 bits per heavy atom. The van der Waals surface area contributed by atoms with Gasteiger partial charge in [-0.1, -0.05) is 12.1 Å². The zero-order valence-electron chi connectivity index (χ0n) is 16.8. The Bertz CT molecular complexity index is 728. The van der Waals surface area contributed by atoms with Gasteiger partial charge in [0, 0.05) is 19.0 Å². The summed E-state index contributed by atoms with van der Waals surface area (Å²) in [6.07, 6.45) is -5.50. The Balaban J connectivity index is 2.21. The van der Waals surface area contributed by atoms with Gasteiger partial charge in [-0.2, -0.15) is 0 Å². The molecule has 1 amide bonds. The SMILES string of the molecule is CC(=O)N[C@H]1[C@H]([C@H](O)[C@H](O)CO)O[C@@](CCCc2ccc(N)cc2)(C(=O)O)C[C@@H]1O. The number of nitrogens with two attached hydrogens (primary N) is 1. The van der Waals surface area contributed by atoms with Crippen LogP contribution in [0.15, 0.2) is 24.3 Å². The van der Waals surface area contributed by atoms with Crippen molar-refractivity contribution in [2.24, 2.45) is 0 Å². The van der Waals surface area contributed by atoms with Gasteiger partial charge in [0.1, 0.15) is 18.3 Å². The third kappa shape index (κ3) is 5.67. The van der Waals surface area contributed by atoms with Crippen molar-refractivity contribution in [3.8, 4) is 0 Å². The van der Waals surface area contributed by atoms with Gasteiger partial charge in [-0.05, 0) is 37.0 Å². The maximum Gasteiger partial charge on any atom is 0.336 e. The van der Waals surface area contributed by atoms with Gasteiger partial charge >= 0.3 is 5.97 Å².